The van der Waals surface area contributed by atoms with Crippen LogP contribution < -0.4 is 0 Å². The van der Waals surface area contributed by atoms with E-state index in [1.54, 1.807) is 18.3 Å². The van der Waals surface area contributed by atoms with E-state index in [-0.39, 0.29) is 11.7 Å². The third-order valence-electron chi connectivity index (χ3n) is 2.60. The van der Waals surface area contributed by atoms with Gasteiger partial charge in [-0.05, 0) is 25.0 Å². The Morgan fingerprint density at radius 2 is 2.20 bits per heavy atom. The first-order valence-corrected chi connectivity index (χ1v) is 5.38. The van der Waals surface area contributed by atoms with Crippen molar-refractivity contribution in [1.29, 1.82) is 0 Å². The lowest BCUT2D eigenvalue weighted by Crippen LogP contribution is -2.23. The summed E-state index contributed by atoms with van der Waals surface area (Å²) in [5.41, 5.74) is 0.655. The maximum Gasteiger partial charge on any atom is 0.166 e. The summed E-state index contributed by atoms with van der Waals surface area (Å²) in [6.45, 7) is 1.35. The average molecular weight is 226 g/mol. The molecular formula is C11H12ClNO2. The van der Waals surface area contributed by atoms with Crippen molar-refractivity contribution in [3.05, 3.63) is 29.0 Å². The molecule has 0 atom stereocenters. The first-order chi connectivity index (χ1) is 7.27. The molecule has 0 unspecified atom stereocenters. The summed E-state index contributed by atoms with van der Waals surface area (Å²) in [6.07, 6.45) is 3.17. The lowest BCUT2D eigenvalue weighted by Gasteiger charge is -2.20. The third-order valence-corrected chi connectivity index (χ3v) is 2.81. The molecule has 1 aromatic rings. The number of pyridine rings is 1. The molecule has 2 rings (SSSR count). The van der Waals surface area contributed by atoms with E-state index in [1.807, 2.05) is 0 Å². The van der Waals surface area contributed by atoms with Crippen LogP contribution in [0.15, 0.2) is 18.3 Å². The maximum atomic E-state index is 12.0. The van der Waals surface area contributed by atoms with Gasteiger partial charge in [0.25, 0.3) is 0 Å². The van der Waals surface area contributed by atoms with E-state index in [9.17, 15) is 4.79 Å². The number of hydrogen-bond donors (Lipinski definition) is 0. The molecule has 1 aromatic heterocycles. The van der Waals surface area contributed by atoms with Gasteiger partial charge in [0.05, 0.1) is 0 Å². The van der Waals surface area contributed by atoms with Crippen molar-refractivity contribution in [3.8, 4) is 0 Å². The van der Waals surface area contributed by atoms with Crippen molar-refractivity contribution in [2.45, 2.75) is 12.8 Å². The summed E-state index contributed by atoms with van der Waals surface area (Å²) < 4.78 is 5.22. The van der Waals surface area contributed by atoms with Gasteiger partial charge in [-0.3, -0.25) is 4.79 Å². The van der Waals surface area contributed by atoms with Gasteiger partial charge in [-0.25, -0.2) is 4.98 Å². The van der Waals surface area contributed by atoms with Crippen LogP contribution in [0.25, 0.3) is 0 Å². The Morgan fingerprint density at radius 1 is 1.47 bits per heavy atom. The van der Waals surface area contributed by atoms with Gasteiger partial charge in [-0.15, -0.1) is 0 Å². The van der Waals surface area contributed by atoms with Crippen LogP contribution in [0.4, 0.5) is 0 Å². The predicted molar refractivity (Wildman–Crippen MR) is 57.1 cm³/mol. The number of carbonyl (C=O) groups excluding carboxylic acids is 1. The first kappa shape index (κ1) is 10.6. The molecule has 1 aliphatic rings. The van der Waals surface area contributed by atoms with Crippen molar-refractivity contribution in [2.24, 2.45) is 5.92 Å². The summed E-state index contributed by atoms with van der Waals surface area (Å²) in [6, 6.07) is 3.34. The highest BCUT2D eigenvalue weighted by atomic mass is 35.5. The standard InChI is InChI=1S/C11H12ClNO2/c12-10-7-9(1-4-13-10)11(14)8-2-5-15-6-3-8/h1,4,7-8H,2-3,5-6H2. The Balaban J connectivity index is 2.12. The smallest absolute Gasteiger partial charge is 0.166 e. The van der Waals surface area contributed by atoms with E-state index < -0.39 is 0 Å². The van der Waals surface area contributed by atoms with Gasteiger partial charge in [0, 0.05) is 30.9 Å². The summed E-state index contributed by atoms with van der Waals surface area (Å²) in [5.74, 6) is 0.236. The molecule has 0 saturated carbocycles. The summed E-state index contributed by atoms with van der Waals surface area (Å²) >= 11 is 5.74. The summed E-state index contributed by atoms with van der Waals surface area (Å²) in [5, 5.41) is 0.368. The number of halogens is 1. The lowest BCUT2D eigenvalue weighted by molar-refractivity contribution is 0.0545. The zero-order valence-electron chi connectivity index (χ0n) is 8.28. The Bertz CT molecular complexity index is 361. The van der Waals surface area contributed by atoms with Gasteiger partial charge < -0.3 is 4.74 Å². The van der Waals surface area contributed by atoms with Crippen LogP contribution in [-0.4, -0.2) is 24.0 Å². The van der Waals surface area contributed by atoms with Crippen LogP contribution in [0.5, 0.6) is 0 Å². The minimum Gasteiger partial charge on any atom is -0.381 e. The van der Waals surface area contributed by atoms with Crippen LogP contribution in [0, 0.1) is 5.92 Å². The van der Waals surface area contributed by atoms with Gasteiger partial charge in [0.15, 0.2) is 5.78 Å². The Labute approximate surface area is 93.4 Å². The zero-order valence-corrected chi connectivity index (χ0v) is 9.04. The van der Waals surface area contributed by atoms with Crippen LogP contribution in [-0.2, 0) is 4.74 Å². The maximum absolute atomic E-state index is 12.0. The summed E-state index contributed by atoms with van der Waals surface area (Å²) in [4.78, 5) is 15.9. The van der Waals surface area contributed by atoms with E-state index in [4.69, 9.17) is 16.3 Å². The molecule has 0 amide bonds. The Morgan fingerprint density at radius 3 is 2.87 bits per heavy atom. The second-order valence-electron chi connectivity index (χ2n) is 3.62. The molecule has 3 nitrogen and oxygen atoms in total. The fraction of sp³-hybridized carbons (Fsp3) is 0.455. The molecule has 1 fully saturated rings. The fourth-order valence-electron chi connectivity index (χ4n) is 1.75. The van der Waals surface area contributed by atoms with Gasteiger partial charge in [-0.1, -0.05) is 11.6 Å². The van der Waals surface area contributed by atoms with Crippen molar-refractivity contribution >= 4 is 17.4 Å². The fourth-order valence-corrected chi connectivity index (χ4v) is 1.93. The summed E-state index contributed by atoms with van der Waals surface area (Å²) in [7, 11) is 0. The Hall–Kier alpha value is -0.930. The second-order valence-corrected chi connectivity index (χ2v) is 4.01. The number of carbonyl (C=O) groups is 1. The third kappa shape index (κ3) is 2.55. The molecule has 1 aliphatic heterocycles. The van der Waals surface area contributed by atoms with E-state index >= 15 is 0 Å². The SMILES string of the molecule is O=C(c1ccnc(Cl)c1)C1CCOCC1. The van der Waals surface area contributed by atoms with E-state index in [0.717, 1.165) is 12.8 Å². The normalized spacial score (nSPS) is 17.7. The van der Waals surface area contributed by atoms with E-state index in [1.165, 1.54) is 0 Å². The van der Waals surface area contributed by atoms with Crippen molar-refractivity contribution < 1.29 is 9.53 Å². The van der Waals surface area contributed by atoms with Crippen molar-refractivity contribution in [3.63, 3.8) is 0 Å². The van der Waals surface area contributed by atoms with E-state index in [0.29, 0.717) is 23.9 Å². The molecule has 0 bridgehead atoms. The van der Waals surface area contributed by atoms with Gasteiger partial charge in [-0.2, -0.15) is 0 Å². The number of nitrogens with zero attached hydrogens (tertiary/aromatic N) is 1. The molecule has 80 valence electrons. The number of ketones is 1. The first-order valence-electron chi connectivity index (χ1n) is 5.01. The number of aromatic nitrogens is 1. The molecule has 0 aromatic carbocycles. The van der Waals surface area contributed by atoms with Crippen LogP contribution in [0.3, 0.4) is 0 Å². The highest BCUT2D eigenvalue weighted by Gasteiger charge is 2.22. The van der Waals surface area contributed by atoms with Crippen LogP contribution in [0.1, 0.15) is 23.2 Å². The molecule has 2 heterocycles. The molecular weight excluding hydrogens is 214 g/mol. The Kier molecular flexibility index (Phi) is 3.34. The molecule has 1 saturated heterocycles. The molecule has 0 radical (unpaired) electrons. The van der Waals surface area contributed by atoms with Crippen LogP contribution in [0.2, 0.25) is 5.15 Å². The molecule has 4 heteroatoms. The quantitative estimate of drug-likeness (QED) is 0.573. The molecule has 0 spiro atoms. The van der Waals surface area contributed by atoms with Gasteiger partial charge in [0.1, 0.15) is 5.15 Å². The lowest BCUT2D eigenvalue weighted by atomic mass is 9.91. The van der Waals surface area contributed by atoms with E-state index in [2.05, 4.69) is 4.98 Å². The van der Waals surface area contributed by atoms with Gasteiger partial charge in [0.2, 0.25) is 0 Å². The monoisotopic (exact) mass is 225 g/mol. The minimum atomic E-state index is 0.0808. The molecule has 0 aliphatic carbocycles. The predicted octanol–water partition coefficient (Wildman–Crippen LogP) is 2.34. The number of ether oxygens (including phenoxy) is 1. The van der Waals surface area contributed by atoms with Gasteiger partial charge >= 0.3 is 0 Å². The van der Waals surface area contributed by atoms with Crippen molar-refractivity contribution in [1.82, 2.24) is 4.98 Å². The van der Waals surface area contributed by atoms with Crippen molar-refractivity contribution in [2.75, 3.05) is 13.2 Å². The molecule has 15 heavy (non-hydrogen) atoms. The number of Topliss-reactive ketones (excluding diaryl/α,β-unsaturated/α-hetero) is 1. The molecule has 0 N–H and O–H groups in total. The second kappa shape index (κ2) is 4.73. The number of hydrogen-bond acceptors (Lipinski definition) is 3. The highest BCUT2D eigenvalue weighted by molar-refractivity contribution is 6.29. The zero-order chi connectivity index (χ0) is 10.7. The largest absolute Gasteiger partial charge is 0.381 e. The highest BCUT2D eigenvalue weighted by Crippen LogP contribution is 2.20. The van der Waals surface area contributed by atoms with Crippen LogP contribution >= 0.6 is 11.6 Å². The number of rotatable bonds is 2. The minimum absolute atomic E-state index is 0.0808. The topological polar surface area (TPSA) is 39.2 Å². The average Bonchev–Trinajstić information content (AvgIpc) is 2.29.